The maximum absolute atomic E-state index is 5.92. The van der Waals surface area contributed by atoms with Gasteiger partial charge < -0.3 is 11.1 Å². The predicted octanol–water partition coefficient (Wildman–Crippen LogP) is 4.41. The molecule has 4 heteroatoms. The SMILES string of the molecule is Nc1cc(Br)ccc1NCc1ccccc1Br. The molecule has 2 nitrogen and oxygen atoms in total. The first kappa shape index (κ1) is 12.5. The van der Waals surface area contributed by atoms with E-state index >= 15 is 0 Å². The average Bonchev–Trinajstić information content (AvgIpc) is 2.30. The molecule has 17 heavy (non-hydrogen) atoms. The summed E-state index contributed by atoms with van der Waals surface area (Å²) in [5.74, 6) is 0. The number of halogens is 2. The first-order valence-corrected chi connectivity index (χ1v) is 6.78. The van der Waals surface area contributed by atoms with Crippen molar-refractivity contribution in [3.63, 3.8) is 0 Å². The Labute approximate surface area is 117 Å². The topological polar surface area (TPSA) is 38.0 Å². The van der Waals surface area contributed by atoms with Crippen molar-refractivity contribution in [2.24, 2.45) is 0 Å². The van der Waals surface area contributed by atoms with Crippen LogP contribution in [0.3, 0.4) is 0 Å². The Morgan fingerprint density at radius 1 is 1.06 bits per heavy atom. The zero-order valence-electron chi connectivity index (χ0n) is 9.08. The minimum absolute atomic E-state index is 0.742. The van der Waals surface area contributed by atoms with Crippen LogP contribution in [0.5, 0.6) is 0 Å². The molecule has 0 aliphatic carbocycles. The van der Waals surface area contributed by atoms with E-state index < -0.39 is 0 Å². The second kappa shape index (κ2) is 5.56. The van der Waals surface area contributed by atoms with Gasteiger partial charge in [0.1, 0.15) is 0 Å². The van der Waals surface area contributed by atoms with E-state index in [1.807, 2.05) is 36.4 Å². The predicted molar refractivity (Wildman–Crippen MR) is 80.0 cm³/mol. The van der Waals surface area contributed by atoms with Crippen molar-refractivity contribution in [1.82, 2.24) is 0 Å². The number of nitrogen functional groups attached to an aromatic ring is 1. The molecule has 0 heterocycles. The molecule has 2 rings (SSSR count). The Morgan fingerprint density at radius 2 is 1.82 bits per heavy atom. The van der Waals surface area contributed by atoms with E-state index in [0.29, 0.717) is 0 Å². The number of rotatable bonds is 3. The highest BCUT2D eigenvalue weighted by atomic mass is 79.9. The first-order chi connectivity index (χ1) is 8.16. The second-order valence-corrected chi connectivity index (χ2v) is 5.45. The molecule has 0 aliphatic heterocycles. The summed E-state index contributed by atoms with van der Waals surface area (Å²) < 4.78 is 2.09. The van der Waals surface area contributed by atoms with Gasteiger partial charge in [-0.3, -0.25) is 0 Å². The number of nitrogens with one attached hydrogen (secondary N) is 1. The maximum Gasteiger partial charge on any atom is 0.0577 e. The largest absolute Gasteiger partial charge is 0.397 e. The summed E-state index contributed by atoms with van der Waals surface area (Å²) >= 11 is 6.91. The molecule has 0 spiro atoms. The first-order valence-electron chi connectivity index (χ1n) is 5.19. The van der Waals surface area contributed by atoms with Crippen molar-refractivity contribution in [1.29, 1.82) is 0 Å². The van der Waals surface area contributed by atoms with Gasteiger partial charge in [0.15, 0.2) is 0 Å². The van der Waals surface area contributed by atoms with E-state index in [1.54, 1.807) is 0 Å². The van der Waals surface area contributed by atoms with Gasteiger partial charge in [-0.25, -0.2) is 0 Å². The highest BCUT2D eigenvalue weighted by Crippen LogP contribution is 2.24. The molecule has 0 radical (unpaired) electrons. The van der Waals surface area contributed by atoms with E-state index in [4.69, 9.17) is 5.73 Å². The fourth-order valence-corrected chi connectivity index (χ4v) is 2.33. The molecule has 88 valence electrons. The highest BCUT2D eigenvalue weighted by Gasteiger charge is 2.01. The summed E-state index contributed by atoms with van der Waals surface area (Å²) in [6, 6.07) is 14.0. The molecule has 0 fully saturated rings. The van der Waals surface area contributed by atoms with Crippen molar-refractivity contribution in [2.45, 2.75) is 6.54 Å². The van der Waals surface area contributed by atoms with Gasteiger partial charge in [-0.1, -0.05) is 50.1 Å². The Balaban J connectivity index is 2.10. The third kappa shape index (κ3) is 3.23. The van der Waals surface area contributed by atoms with Gasteiger partial charge in [-0.05, 0) is 29.8 Å². The van der Waals surface area contributed by atoms with Gasteiger partial charge in [-0.15, -0.1) is 0 Å². The lowest BCUT2D eigenvalue weighted by Gasteiger charge is -2.10. The van der Waals surface area contributed by atoms with Crippen LogP contribution in [0, 0.1) is 0 Å². The standard InChI is InChI=1S/C13H12Br2N2/c14-10-5-6-13(12(16)7-10)17-8-9-3-1-2-4-11(9)15/h1-7,17H,8,16H2. The molecule has 0 saturated heterocycles. The van der Waals surface area contributed by atoms with Crippen molar-refractivity contribution in [2.75, 3.05) is 11.1 Å². The molecule has 0 unspecified atom stereocenters. The van der Waals surface area contributed by atoms with Crippen LogP contribution in [0.15, 0.2) is 51.4 Å². The molecule has 3 N–H and O–H groups in total. The van der Waals surface area contributed by atoms with Crippen LogP contribution < -0.4 is 11.1 Å². The van der Waals surface area contributed by atoms with E-state index in [9.17, 15) is 0 Å². The van der Waals surface area contributed by atoms with Gasteiger partial charge >= 0.3 is 0 Å². The summed E-state index contributed by atoms with van der Waals surface area (Å²) in [7, 11) is 0. The summed E-state index contributed by atoms with van der Waals surface area (Å²) in [6.45, 7) is 0.743. The zero-order valence-corrected chi connectivity index (χ0v) is 12.3. The molecule has 2 aromatic carbocycles. The summed E-state index contributed by atoms with van der Waals surface area (Å²) in [5.41, 5.74) is 8.81. The van der Waals surface area contributed by atoms with Crippen LogP contribution in [0.1, 0.15) is 5.56 Å². The summed E-state index contributed by atoms with van der Waals surface area (Å²) in [4.78, 5) is 0. The fraction of sp³-hybridized carbons (Fsp3) is 0.0769. The van der Waals surface area contributed by atoms with E-state index in [-0.39, 0.29) is 0 Å². The van der Waals surface area contributed by atoms with Crippen LogP contribution in [0.2, 0.25) is 0 Å². The van der Waals surface area contributed by atoms with E-state index in [1.165, 1.54) is 5.56 Å². The Morgan fingerprint density at radius 3 is 2.53 bits per heavy atom. The minimum atomic E-state index is 0.742. The highest BCUT2D eigenvalue weighted by molar-refractivity contribution is 9.10. The summed E-state index contributed by atoms with van der Waals surface area (Å²) in [5, 5.41) is 3.32. The molecular weight excluding hydrogens is 344 g/mol. The monoisotopic (exact) mass is 354 g/mol. The Bertz CT molecular complexity index is 527. The average molecular weight is 356 g/mol. The Hall–Kier alpha value is -1.00. The molecule has 0 saturated carbocycles. The maximum atomic E-state index is 5.92. The number of hydrogen-bond acceptors (Lipinski definition) is 2. The fourth-order valence-electron chi connectivity index (χ4n) is 1.53. The number of hydrogen-bond donors (Lipinski definition) is 2. The third-order valence-electron chi connectivity index (χ3n) is 2.44. The van der Waals surface area contributed by atoms with Crippen LogP contribution in [0.4, 0.5) is 11.4 Å². The van der Waals surface area contributed by atoms with Gasteiger partial charge in [0.05, 0.1) is 11.4 Å². The Kier molecular flexibility index (Phi) is 4.07. The van der Waals surface area contributed by atoms with Gasteiger partial charge in [0.2, 0.25) is 0 Å². The van der Waals surface area contributed by atoms with Crippen molar-refractivity contribution in [3.8, 4) is 0 Å². The van der Waals surface area contributed by atoms with Gasteiger partial charge in [0.25, 0.3) is 0 Å². The molecule has 0 amide bonds. The lowest BCUT2D eigenvalue weighted by Crippen LogP contribution is -2.02. The molecule has 2 aromatic rings. The number of anilines is 2. The van der Waals surface area contributed by atoms with E-state index in [2.05, 4.69) is 43.2 Å². The zero-order chi connectivity index (χ0) is 12.3. The van der Waals surface area contributed by atoms with Crippen LogP contribution in [-0.2, 0) is 6.54 Å². The smallest absolute Gasteiger partial charge is 0.0577 e. The molecule has 0 aliphatic rings. The normalized spacial score (nSPS) is 10.2. The lowest BCUT2D eigenvalue weighted by atomic mass is 10.2. The second-order valence-electron chi connectivity index (χ2n) is 3.68. The van der Waals surface area contributed by atoms with Crippen molar-refractivity contribution >= 4 is 43.2 Å². The van der Waals surface area contributed by atoms with Gasteiger partial charge in [0, 0.05) is 15.5 Å². The van der Waals surface area contributed by atoms with Crippen molar-refractivity contribution in [3.05, 3.63) is 57.0 Å². The van der Waals surface area contributed by atoms with Crippen LogP contribution >= 0.6 is 31.9 Å². The summed E-state index contributed by atoms with van der Waals surface area (Å²) in [6.07, 6.45) is 0. The van der Waals surface area contributed by atoms with Crippen molar-refractivity contribution < 1.29 is 0 Å². The number of nitrogens with two attached hydrogens (primary N) is 1. The third-order valence-corrected chi connectivity index (χ3v) is 3.71. The van der Waals surface area contributed by atoms with Crippen LogP contribution in [0.25, 0.3) is 0 Å². The van der Waals surface area contributed by atoms with Gasteiger partial charge in [-0.2, -0.15) is 0 Å². The molecule has 0 atom stereocenters. The lowest BCUT2D eigenvalue weighted by molar-refractivity contribution is 1.14. The number of benzene rings is 2. The molecular formula is C13H12Br2N2. The molecule has 0 bridgehead atoms. The quantitative estimate of drug-likeness (QED) is 0.800. The van der Waals surface area contributed by atoms with E-state index in [0.717, 1.165) is 26.9 Å². The minimum Gasteiger partial charge on any atom is -0.397 e. The molecule has 0 aromatic heterocycles. The van der Waals surface area contributed by atoms with Crippen LogP contribution in [-0.4, -0.2) is 0 Å².